The quantitative estimate of drug-likeness (QED) is 0.896. The van der Waals surface area contributed by atoms with Crippen molar-refractivity contribution in [3.63, 3.8) is 0 Å². The average Bonchev–Trinajstić information content (AvgIpc) is 2.83. The van der Waals surface area contributed by atoms with Crippen LogP contribution in [-0.2, 0) is 17.8 Å². The predicted molar refractivity (Wildman–Crippen MR) is 64.3 cm³/mol. The average molecular weight is 251 g/mol. The number of carboxylic acids is 1. The number of hydrogen-bond donors (Lipinski definition) is 1. The molecule has 6 heteroatoms. The monoisotopic (exact) mass is 251 g/mol. The van der Waals surface area contributed by atoms with Crippen molar-refractivity contribution in [2.24, 2.45) is 0 Å². The van der Waals surface area contributed by atoms with Gasteiger partial charge >= 0.3 is 5.97 Å². The SMILES string of the molecule is Cc1nn(Cc2cscn2)c(C)c1CC(=O)O. The van der Waals surface area contributed by atoms with Gasteiger partial charge in [-0.05, 0) is 13.8 Å². The molecule has 1 N–H and O–H groups in total. The fourth-order valence-electron chi connectivity index (χ4n) is 1.76. The number of carbonyl (C=O) groups is 1. The molecule has 17 heavy (non-hydrogen) atoms. The van der Waals surface area contributed by atoms with Crippen LogP contribution in [0.2, 0.25) is 0 Å². The number of aromatic nitrogens is 3. The first kappa shape index (κ1) is 11.8. The van der Waals surface area contributed by atoms with E-state index in [0.717, 1.165) is 22.6 Å². The first-order valence-electron chi connectivity index (χ1n) is 5.19. The van der Waals surface area contributed by atoms with Crippen LogP contribution >= 0.6 is 11.3 Å². The predicted octanol–water partition coefficient (Wildman–Crippen LogP) is 1.63. The number of thiazole rings is 1. The molecule has 0 atom stereocenters. The van der Waals surface area contributed by atoms with E-state index in [1.54, 1.807) is 16.8 Å². The van der Waals surface area contributed by atoms with Gasteiger partial charge in [0.15, 0.2) is 0 Å². The van der Waals surface area contributed by atoms with Crippen LogP contribution < -0.4 is 0 Å². The normalized spacial score (nSPS) is 10.7. The van der Waals surface area contributed by atoms with Crippen molar-refractivity contribution < 1.29 is 9.90 Å². The molecule has 2 aromatic heterocycles. The lowest BCUT2D eigenvalue weighted by Crippen LogP contribution is -2.06. The van der Waals surface area contributed by atoms with E-state index in [0.29, 0.717) is 6.54 Å². The standard InChI is InChI=1S/C11H13N3O2S/c1-7-10(3-11(15)16)8(2)14(13-7)4-9-5-17-6-12-9/h5-6H,3-4H2,1-2H3,(H,15,16). The van der Waals surface area contributed by atoms with Gasteiger partial charge in [0.1, 0.15) is 0 Å². The minimum absolute atomic E-state index is 0.0226. The maximum atomic E-state index is 10.8. The van der Waals surface area contributed by atoms with Crippen LogP contribution in [0.5, 0.6) is 0 Å². The number of carboxylic acid groups (broad SMARTS) is 1. The second-order valence-electron chi connectivity index (χ2n) is 3.86. The summed E-state index contributed by atoms with van der Waals surface area (Å²) in [5, 5.41) is 15.2. The minimum atomic E-state index is -0.829. The Bertz CT molecular complexity index is 531. The van der Waals surface area contributed by atoms with Gasteiger partial charge in [-0.25, -0.2) is 4.98 Å². The molecule has 0 bridgehead atoms. The van der Waals surface area contributed by atoms with Crippen molar-refractivity contribution in [3.8, 4) is 0 Å². The molecule has 0 aliphatic heterocycles. The third-order valence-corrected chi connectivity index (χ3v) is 3.29. The number of rotatable bonds is 4. The maximum Gasteiger partial charge on any atom is 0.307 e. The number of hydrogen-bond acceptors (Lipinski definition) is 4. The third kappa shape index (κ3) is 2.52. The molecule has 0 aliphatic carbocycles. The Morgan fingerprint density at radius 1 is 1.53 bits per heavy atom. The van der Waals surface area contributed by atoms with Crippen LogP contribution in [0, 0.1) is 13.8 Å². The first-order valence-corrected chi connectivity index (χ1v) is 6.14. The number of aliphatic carboxylic acids is 1. The summed E-state index contributed by atoms with van der Waals surface area (Å²) in [4.78, 5) is 14.9. The Morgan fingerprint density at radius 3 is 2.88 bits per heavy atom. The zero-order valence-corrected chi connectivity index (χ0v) is 10.5. The Morgan fingerprint density at radius 2 is 2.29 bits per heavy atom. The topological polar surface area (TPSA) is 68.0 Å². The second kappa shape index (κ2) is 4.67. The Labute approximate surface area is 103 Å². The summed E-state index contributed by atoms with van der Waals surface area (Å²) >= 11 is 1.54. The molecule has 0 spiro atoms. The molecular formula is C11H13N3O2S. The van der Waals surface area contributed by atoms with E-state index in [-0.39, 0.29) is 6.42 Å². The molecule has 2 aromatic rings. The van der Waals surface area contributed by atoms with Gasteiger partial charge < -0.3 is 5.11 Å². The molecule has 0 aliphatic rings. The molecule has 0 radical (unpaired) electrons. The molecule has 0 unspecified atom stereocenters. The van der Waals surface area contributed by atoms with Crippen molar-refractivity contribution in [2.75, 3.05) is 0 Å². The van der Waals surface area contributed by atoms with Gasteiger partial charge in [-0.15, -0.1) is 11.3 Å². The third-order valence-electron chi connectivity index (χ3n) is 2.65. The zero-order valence-electron chi connectivity index (χ0n) is 9.67. The smallest absolute Gasteiger partial charge is 0.307 e. The van der Waals surface area contributed by atoms with Gasteiger partial charge in [-0.2, -0.15) is 5.10 Å². The summed E-state index contributed by atoms with van der Waals surface area (Å²) in [6.45, 7) is 4.32. The summed E-state index contributed by atoms with van der Waals surface area (Å²) in [7, 11) is 0. The van der Waals surface area contributed by atoms with E-state index in [1.807, 2.05) is 23.9 Å². The summed E-state index contributed by atoms with van der Waals surface area (Å²) in [6.07, 6.45) is 0.0226. The van der Waals surface area contributed by atoms with E-state index in [1.165, 1.54) is 0 Å². The highest BCUT2D eigenvalue weighted by molar-refractivity contribution is 7.07. The molecule has 0 fully saturated rings. The van der Waals surface area contributed by atoms with Crippen LogP contribution in [0.1, 0.15) is 22.6 Å². The lowest BCUT2D eigenvalue weighted by molar-refractivity contribution is -0.136. The van der Waals surface area contributed by atoms with Crippen LogP contribution in [-0.4, -0.2) is 25.8 Å². The van der Waals surface area contributed by atoms with E-state index < -0.39 is 5.97 Å². The molecule has 0 saturated heterocycles. The van der Waals surface area contributed by atoms with Crippen molar-refractivity contribution in [2.45, 2.75) is 26.8 Å². The van der Waals surface area contributed by atoms with Crippen LogP contribution in [0.3, 0.4) is 0 Å². The molecule has 0 aromatic carbocycles. The van der Waals surface area contributed by atoms with Crippen LogP contribution in [0.15, 0.2) is 10.9 Å². The lowest BCUT2D eigenvalue weighted by atomic mass is 10.1. The number of nitrogens with zero attached hydrogens (tertiary/aromatic N) is 3. The van der Waals surface area contributed by atoms with Crippen molar-refractivity contribution in [3.05, 3.63) is 33.5 Å². The van der Waals surface area contributed by atoms with Crippen LogP contribution in [0.4, 0.5) is 0 Å². The first-order chi connectivity index (χ1) is 8.08. The molecular weight excluding hydrogens is 238 g/mol. The second-order valence-corrected chi connectivity index (χ2v) is 4.58. The van der Waals surface area contributed by atoms with Gasteiger partial charge in [-0.3, -0.25) is 9.48 Å². The molecule has 2 heterocycles. The van der Waals surface area contributed by atoms with Crippen LogP contribution in [0.25, 0.3) is 0 Å². The largest absolute Gasteiger partial charge is 0.481 e. The van der Waals surface area contributed by atoms with Gasteiger partial charge in [0.25, 0.3) is 0 Å². The fraction of sp³-hybridized carbons (Fsp3) is 0.364. The molecule has 0 amide bonds. The van der Waals surface area contributed by atoms with Gasteiger partial charge in [0.05, 0.1) is 29.9 Å². The summed E-state index contributed by atoms with van der Waals surface area (Å²) in [5.41, 5.74) is 5.20. The van der Waals surface area contributed by atoms with Gasteiger partial charge in [0.2, 0.25) is 0 Å². The van der Waals surface area contributed by atoms with E-state index in [9.17, 15) is 4.79 Å². The molecule has 2 rings (SSSR count). The fourth-order valence-corrected chi connectivity index (χ4v) is 2.31. The highest BCUT2D eigenvalue weighted by atomic mass is 32.1. The Balaban J connectivity index is 2.27. The lowest BCUT2D eigenvalue weighted by Gasteiger charge is -2.02. The summed E-state index contributed by atoms with van der Waals surface area (Å²) < 4.78 is 1.81. The maximum absolute atomic E-state index is 10.8. The summed E-state index contributed by atoms with van der Waals surface area (Å²) in [6, 6.07) is 0. The zero-order chi connectivity index (χ0) is 12.4. The summed E-state index contributed by atoms with van der Waals surface area (Å²) in [5.74, 6) is -0.829. The molecule has 5 nitrogen and oxygen atoms in total. The highest BCUT2D eigenvalue weighted by Crippen LogP contribution is 2.15. The molecule has 0 saturated carbocycles. The minimum Gasteiger partial charge on any atom is -0.481 e. The van der Waals surface area contributed by atoms with Gasteiger partial charge in [0, 0.05) is 16.6 Å². The van der Waals surface area contributed by atoms with Crippen molar-refractivity contribution >= 4 is 17.3 Å². The highest BCUT2D eigenvalue weighted by Gasteiger charge is 2.14. The van der Waals surface area contributed by atoms with E-state index in [2.05, 4.69) is 10.1 Å². The van der Waals surface area contributed by atoms with Gasteiger partial charge in [-0.1, -0.05) is 0 Å². The van der Waals surface area contributed by atoms with Crippen molar-refractivity contribution in [1.82, 2.24) is 14.8 Å². The Hall–Kier alpha value is -1.69. The number of aryl methyl sites for hydroxylation is 1. The van der Waals surface area contributed by atoms with E-state index >= 15 is 0 Å². The molecule has 90 valence electrons. The van der Waals surface area contributed by atoms with Crippen molar-refractivity contribution in [1.29, 1.82) is 0 Å². The van der Waals surface area contributed by atoms with E-state index in [4.69, 9.17) is 5.11 Å². The Kier molecular flexibility index (Phi) is 3.23.